The zero-order chi connectivity index (χ0) is 18.8. The van der Waals surface area contributed by atoms with E-state index in [1.165, 1.54) is 6.07 Å². The third-order valence-electron chi connectivity index (χ3n) is 3.19. The predicted molar refractivity (Wildman–Crippen MR) is 83.2 cm³/mol. The largest absolute Gasteiger partial charge is 0.433 e. The lowest BCUT2D eigenvalue weighted by Gasteiger charge is -2.18. The summed E-state index contributed by atoms with van der Waals surface area (Å²) in [4.78, 5) is 19.3. The minimum atomic E-state index is -4.56. The molecule has 2 aromatic rings. The Morgan fingerprint density at radius 1 is 1.32 bits per heavy atom. The van der Waals surface area contributed by atoms with Crippen LogP contribution in [0.1, 0.15) is 51.7 Å². The predicted octanol–water partition coefficient (Wildman–Crippen LogP) is 3.76. The quantitative estimate of drug-likeness (QED) is 0.902. The second-order valence-corrected chi connectivity index (χ2v) is 6.91. The highest BCUT2D eigenvalue weighted by atomic mass is 19.4. The van der Waals surface area contributed by atoms with Crippen molar-refractivity contribution in [1.82, 2.24) is 20.4 Å². The van der Waals surface area contributed by atoms with Crippen molar-refractivity contribution in [2.24, 2.45) is 5.41 Å². The van der Waals surface area contributed by atoms with Gasteiger partial charge >= 0.3 is 6.18 Å². The lowest BCUT2D eigenvalue weighted by atomic mass is 9.92. The van der Waals surface area contributed by atoms with Gasteiger partial charge in [-0.3, -0.25) is 9.78 Å². The van der Waals surface area contributed by atoms with Crippen LogP contribution >= 0.6 is 0 Å². The van der Waals surface area contributed by atoms with Crippen molar-refractivity contribution in [2.75, 3.05) is 0 Å². The number of hydrogen-bond acceptors (Lipinski definition) is 5. The fourth-order valence-corrected chi connectivity index (χ4v) is 2.09. The summed E-state index contributed by atoms with van der Waals surface area (Å²) in [5, 5.41) is 6.41. The van der Waals surface area contributed by atoms with Gasteiger partial charge in [0.15, 0.2) is 0 Å². The minimum absolute atomic E-state index is 0.000166. The van der Waals surface area contributed by atoms with Crippen LogP contribution in [0.15, 0.2) is 22.9 Å². The Hall–Kier alpha value is -2.45. The van der Waals surface area contributed by atoms with E-state index in [0.717, 1.165) is 12.3 Å². The molecule has 1 N–H and O–H groups in total. The number of aromatic nitrogens is 3. The second kappa shape index (κ2) is 6.81. The molecule has 9 heteroatoms. The lowest BCUT2D eigenvalue weighted by Crippen LogP contribution is -2.30. The molecule has 0 saturated carbocycles. The molecule has 1 atom stereocenters. The van der Waals surface area contributed by atoms with Gasteiger partial charge in [-0.25, -0.2) is 0 Å². The van der Waals surface area contributed by atoms with Crippen LogP contribution in [-0.4, -0.2) is 21.0 Å². The number of amides is 1. The average molecular weight is 356 g/mol. The number of carbonyl (C=O) groups is 1. The lowest BCUT2D eigenvalue weighted by molar-refractivity contribution is -0.141. The molecular weight excluding hydrogens is 337 g/mol. The summed E-state index contributed by atoms with van der Waals surface area (Å²) in [6.45, 7) is 7.46. The van der Waals surface area contributed by atoms with Crippen molar-refractivity contribution < 1.29 is 22.5 Å². The minimum Gasteiger partial charge on any atom is -0.345 e. The Morgan fingerprint density at radius 2 is 2.00 bits per heavy atom. The number of nitrogens with zero attached hydrogens (tertiary/aromatic N) is 3. The SMILES string of the molecule is CC(NC(=O)CC(C)(C)C)c1nc(-c2ccnc(C(F)(F)F)c2)no1. The van der Waals surface area contributed by atoms with Crippen LogP contribution in [0.3, 0.4) is 0 Å². The molecule has 0 spiro atoms. The van der Waals surface area contributed by atoms with Crippen LogP contribution in [-0.2, 0) is 11.0 Å². The van der Waals surface area contributed by atoms with Gasteiger partial charge in [-0.05, 0) is 24.5 Å². The van der Waals surface area contributed by atoms with E-state index in [0.29, 0.717) is 6.42 Å². The van der Waals surface area contributed by atoms with Crippen LogP contribution in [0.5, 0.6) is 0 Å². The number of halogens is 3. The summed E-state index contributed by atoms with van der Waals surface area (Å²) in [7, 11) is 0. The third kappa shape index (κ3) is 5.27. The maximum Gasteiger partial charge on any atom is 0.433 e. The Morgan fingerprint density at radius 3 is 2.60 bits per heavy atom. The first-order valence-corrected chi connectivity index (χ1v) is 7.62. The summed E-state index contributed by atoms with van der Waals surface area (Å²) >= 11 is 0. The summed E-state index contributed by atoms with van der Waals surface area (Å²) in [6, 6.07) is 1.64. The Bertz CT molecular complexity index is 750. The van der Waals surface area contributed by atoms with Crippen molar-refractivity contribution in [2.45, 2.75) is 46.3 Å². The highest BCUT2D eigenvalue weighted by molar-refractivity contribution is 5.76. The fraction of sp³-hybridized carbons (Fsp3) is 0.500. The van der Waals surface area contributed by atoms with Crippen LogP contribution in [0.4, 0.5) is 13.2 Å². The van der Waals surface area contributed by atoms with Gasteiger partial charge in [-0.1, -0.05) is 25.9 Å². The van der Waals surface area contributed by atoms with Gasteiger partial charge in [-0.2, -0.15) is 18.2 Å². The number of hydrogen-bond donors (Lipinski definition) is 1. The molecule has 0 aromatic carbocycles. The summed E-state index contributed by atoms with van der Waals surface area (Å²) in [6.07, 6.45) is -3.21. The zero-order valence-electron chi connectivity index (χ0n) is 14.3. The first-order valence-electron chi connectivity index (χ1n) is 7.62. The average Bonchev–Trinajstić information content (AvgIpc) is 2.94. The van der Waals surface area contributed by atoms with Gasteiger partial charge < -0.3 is 9.84 Å². The van der Waals surface area contributed by atoms with Crippen LogP contribution < -0.4 is 5.32 Å². The highest BCUT2D eigenvalue weighted by Crippen LogP contribution is 2.30. The summed E-state index contributed by atoms with van der Waals surface area (Å²) < 4.78 is 43.2. The maximum absolute atomic E-state index is 12.7. The van der Waals surface area contributed by atoms with Gasteiger partial charge in [0.2, 0.25) is 17.6 Å². The van der Waals surface area contributed by atoms with E-state index in [1.54, 1.807) is 6.92 Å². The summed E-state index contributed by atoms with van der Waals surface area (Å²) in [5.41, 5.74) is -1.08. The van der Waals surface area contributed by atoms with Crippen LogP contribution in [0.2, 0.25) is 0 Å². The van der Waals surface area contributed by atoms with E-state index < -0.39 is 17.9 Å². The Labute approximate surface area is 142 Å². The molecule has 1 unspecified atom stereocenters. The molecule has 2 rings (SSSR count). The fourth-order valence-electron chi connectivity index (χ4n) is 2.09. The third-order valence-corrected chi connectivity index (χ3v) is 3.19. The monoisotopic (exact) mass is 356 g/mol. The number of rotatable bonds is 4. The molecule has 0 saturated heterocycles. The molecule has 2 heterocycles. The van der Waals surface area contributed by atoms with Gasteiger partial charge in [0.1, 0.15) is 11.7 Å². The molecule has 0 aliphatic heterocycles. The Kier molecular flexibility index (Phi) is 5.15. The molecular formula is C16H19F3N4O2. The highest BCUT2D eigenvalue weighted by Gasteiger charge is 2.33. The Balaban J connectivity index is 2.13. The van der Waals surface area contributed by atoms with E-state index in [9.17, 15) is 18.0 Å². The standard InChI is InChI=1S/C16H19F3N4O2/c1-9(21-12(24)8-15(2,3)4)14-22-13(23-25-14)10-5-6-20-11(7-10)16(17,18)19/h5-7,9H,8H2,1-4H3,(H,21,24). The number of carbonyl (C=O) groups excluding carboxylic acids is 1. The van der Waals surface area contributed by atoms with Gasteiger partial charge in [-0.15, -0.1) is 0 Å². The number of nitrogens with one attached hydrogen (secondary N) is 1. The van der Waals surface area contributed by atoms with Crippen molar-refractivity contribution >= 4 is 5.91 Å². The molecule has 6 nitrogen and oxygen atoms in total. The smallest absolute Gasteiger partial charge is 0.345 e. The molecule has 0 fully saturated rings. The van der Waals surface area contributed by atoms with Crippen LogP contribution in [0, 0.1) is 5.41 Å². The number of alkyl halides is 3. The second-order valence-electron chi connectivity index (χ2n) is 6.91. The van der Waals surface area contributed by atoms with E-state index >= 15 is 0 Å². The molecule has 1 amide bonds. The van der Waals surface area contributed by atoms with Crippen molar-refractivity contribution in [1.29, 1.82) is 0 Å². The number of pyridine rings is 1. The van der Waals surface area contributed by atoms with Crippen LogP contribution in [0.25, 0.3) is 11.4 Å². The van der Waals surface area contributed by atoms with E-state index in [2.05, 4.69) is 20.4 Å². The van der Waals surface area contributed by atoms with Gasteiger partial charge in [0.25, 0.3) is 0 Å². The molecule has 0 aliphatic rings. The molecule has 0 radical (unpaired) electrons. The zero-order valence-corrected chi connectivity index (χ0v) is 14.3. The first kappa shape index (κ1) is 18.9. The van der Waals surface area contributed by atoms with E-state index in [4.69, 9.17) is 4.52 Å². The molecule has 0 bridgehead atoms. The summed E-state index contributed by atoms with van der Waals surface area (Å²) in [5.74, 6) is -0.0644. The maximum atomic E-state index is 12.7. The van der Waals surface area contributed by atoms with Crippen molar-refractivity contribution in [3.63, 3.8) is 0 Å². The van der Waals surface area contributed by atoms with Crippen molar-refractivity contribution in [3.05, 3.63) is 29.9 Å². The topological polar surface area (TPSA) is 80.9 Å². The first-order chi connectivity index (χ1) is 11.5. The molecule has 2 aromatic heterocycles. The van der Waals surface area contributed by atoms with E-state index in [1.807, 2.05) is 20.8 Å². The van der Waals surface area contributed by atoms with E-state index in [-0.39, 0.29) is 28.6 Å². The molecule has 25 heavy (non-hydrogen) atoms. The molecule has 136 valence electrons. The normalized spacial score (nSPS) is 13.6. The van der Waals surface area contributed by atoms with Gasteiger partial charge in [0, 0.05) is 18.2 Å². The van der Waals surface area contributed by atoms with Gasteiger partial charge in [0.05, 0.1) is 0 Å². The molecule has 0 aliphatic carbocycles. The van der Waals surface area contributed by atoms with Crippen molar-refractivity contribution in [3.8, 4) is 11.4 Å².